The minimum absolute atomic E-state index is 0. The van der Waals surface area contributed by atoms with Gasteiger partial charge in [0.1, 0.15) is 11.6 Å². The fourth-order valence-corrected chi connectivity index (χ4v) is 15.0. The van der Waals surface area contributed by atoms with Gasteiger partial charge in [0.2, 0.25) is 5.82 Å². The largest absolute Gasteiger partial charge is 0.451 e. The van der Waals surface area contributed by atoms with Gasteiger partial charge in [-0.1, -0.05) is 138 Å². The normalized spacial score (nSPS) is 10.4. The maximum absolute atomic E-state index is 13.9. The van der Waals surface area contributed by atoms with Gasteiger partial charge in [0.25, 0.3) is 0 Å². The molecule has 0 fully saturated rings. The number of hydrogen-bond donors (Lipinski definition) is 0. The molecule has 0 atom stereocenters. The number of hydrogen-bond acceptors (Lipinski definition) is 10. The van der Waals surface area contributed by atoms with Crippen LogP contribution in [0.1, 0.15) is 120 Å². The topological polar surface area (TPSA) is 175 Å². The van der Waals surface area contributed by atoms with Crippen LogP contribution in [0.4, 0.5) is 41.6 Å². The van der Waals surface area contributed by atoms with Crippen molar-refractivity contribution in [3.63, 3.8) is 0 Å². The summed E-state index contributed by atoms with van der Waals surface area (Å²) in [6, 6.07) is 91.9. The molecule has 17 aromatic rings. The molecule has 5 heterocycles. The van der Waals surface area contributed by atoms with E-state index in [1.165, 1.54) is 0 Å². The van der Waals surface area contributed by atoms with Crippen molar-refractivity contribution in [2.45, 2.75) is 121 Å². The first-order valence-electron chi connectivity index (χ1n) is 41.1. The fraction of sp³-hybridized carbons (Fsp3) is 0.171. The second-order valence-corrected chi connectivity index (χ2v) is 30.7. The number of alkyl halides is 3. The smallest absolute Gasteiger partial charge is 0.317 e. The quantitative estimate of drug-likeness (QED) is 0.0898. The average molecular weight is 2650 g/mol. The molecule has 17 rings (SSSR count). The van der Waals surface area contributed by atoms with Crippen molar-refractivity contribution in [1.82, 2.24) is 73.8 Å². The van der Waals surface area contributed by atoms with Crippen molar-refractivity contribution in [1.29, 1.82) is 0 Å². The Balaban J connectivity index is 0.000000204. The number of rotatable bonds is 15. The van der Waals surface area contributed by atoms with Crippen LogP contribution in [-0.2, 0) is 113 Å². The van der Waals surface area contributed by atoms with Gasteiger partial charge in [0.05, 0.1) is 67.7 Å². The van der Waals surface area contributed by atoms with Gasteiger partial charge in [0, 0.05) is 141 Å². The van der Waals surface area contributed by atoms with Crippen molar-refractivity contribution in [3.8, 4) is 108 Å². The Morgan fingerprint density at radius 3 is 1.17 bits per heavy atom. The summed E-state index contributed by atoms with van der Waals surface area (Å²) in [4.78, 5) is 26.9. The fourth-order valence-electron chi connectivity index (χ4n) is 15.0. The Morgan fingerprint density at radius 2 is 0.744 bits per heavy atom. The molecule has 0 saturated carbocycles. The van der Waals surface area contributed by atoms with E-state index in [-0.39, 0.29) is 118 Å². The molecule has 0 amide bonds. The molecule has 20 nitrogen and oxygen atoms in total. The summed E-state index contributed by atoms with van der Waals surface area (Å²) < 4.78 is 50.5. The maximum atomic E-state index is 13.9. The zero-order valence-electron chi connectivity index (χ0n) is 74.7. The van der Waals surface area contributed by atoms with Crippen LogP contribution in [0.25, 0.3) is 132 Å². The Hall–Kier alpha value is -13.2. The number of aromatic nitrogens is 15. The molecule has 0 saturated heterocycles. The summed E-state index contributed by atoms with van der Waals surface area (Å²) in [6.07, 6.45) is -3.93. The first kappa shape index (κ1) is 105. The minimum Gasteiger partial charge on any atom is -0.317 e. The SMILES string of the molecule is [C-]#[N+]c1c(C)cc(C)c(-n2c(-c3[c-]cccc3)nnc2-c2ccccc2C)c1C.[C-]#[N+]c1cc(C(C)C)c(-n2c(-c3[c-]cccc3)nnc2C(F)(F)F)c(C(C)C)c1.[C-]#[N+]c1cc(C)c(-n2c(-c3[c-]cccc3)nnc2-c2ccccc2C)c(C)c1.[C-]#[N+]c1ccc(-n2nc(C)nc2-c2[c-]cccc2)c(C)c1.[C-]#[N+]c1cccc(-n2nc(CC)nc2-c2[c-]cccc2)c1.[Ir].[Ir].[Ir].[Ir].[Ir]. The van der Waals surface area contributed by atoms with Crippen LogP contribution in [0, 0.1) is 126 Å². The molecule has 12 aromatic carbocycles. The van der Waals surface area contributed by atoms with E-state index in [0.717, 1.165) is 152 Å². The van der Waals surface area contributed by atoms with Gasteiger partial charge in [-0.2, -0.15) is 38.7 Å². The van der Waals surface area contributed by atoms with Crippen molar-refractivity contribution in [2.24, 2.45) is 0 Å². The van der Waals surface area contributed by atoms with Crippen LogP contribution in [0.2, 0.25) is 0 Å². The first-order chi connectivity index (χ1) is 61.8. The van der Waals surface area contributed by atoms with Crippen molar-refractivity contribution in [2.75, 3.05) is 0 Å². The molecule has 0 bridgehead atoms. The summed E-state index contributed by atoms with van der Waals surface area (Å²) in [5, 5.41) is 34.6. The van der Waals surface area contributed by atoms with Gasteiger partial charge < -0.3 is 13.7 Å². The van der Waals surface area contributed by atoms with Crippen LogP contribution in [-0.4, -0.2) is 73.8 Å². The third-order valence-electron chi connectivity index (χ3n) is 21.0. The first-order valence-corrected chi connectivity index (χ1v) is 41.1. The summed E-state index contributed by atoms with van der Waals surface area (Å²) in [5.74, 6) is 4.73. The molecule has 5 aromatic heterocycles. The molecular formula is C105H86F3Ir5N20-5. The van der Waals surface area contributed by atoms with Gasteiger partial charge in [-0.25, -0.2) is 24.2 Å². The van der Waals surface area contributed by atoms with Gasteiger partial charge in [-0.15, -0.1) is 195 Å². The predicted octanol–water partition coefficient (Wildman–Crippen LogP) is 26.4. The van der Waals surface area contributed by atoms with Gasteiger partial charge in [0.15, 0.2) is 40.1 Å². The minimum atomic E-state index is -4.69. The molecule has 0 N–H and O–H groups in total. The summed E-state index contributed by atoms with van der Waals surface area (Å²) >= 11 is 0. The van der Waals surface area contributed by atoms with E-state index < -0.39 is 12.0 Å². The van der Waals surface area contributed by atoms with E-state index in [0.29, 0.717) is 56.6 Å². The van der Waals surface area contributed by atoms with Crippen LogP contribution < -0.4 is 0 Å². The molecule has 0 aliphatic heterocycles. The van der Waals surface area contributed by atoms with Gasteiger partial charge in [-0.3, -0.25) is 19.3 Å². The Labute approximate surface area is 841 Å². The molecule has 5 radical (unpaired) electrons. The number of nitrogens with zero attached hydrogens (tertiary/aromatic N) is 20. The molecule has 677 valence electrons. The number of aryl methyl sites for hydroxylation is 9. The average Bonchev–Trinajstić information content (AvgIpc) is 1.63. The van der Waals surface area contributed by atoms with E-state index in [9.17, 15) is 13.2 Å². The monoisotopic (exact) mass is 2650 g/mol. The summed E-state index contributed by atoms with van der Waals surface area (Å²) in [6.45, 7) is 64.3. The molecule has 133 heavy (non-hydrogen) atoms. The van der Waals surface area contributed by atoms with Crippen molar-refractivity contribution < 1.29 is 114 Å². The van der Waals surface area contributed by atoms with E-state index in [1.54, 1.807) is 53.2 Å². The third-order valence-corrected chi connectivity index (χ3v) is 21.0. The zero-order chi connectivity index (χ0) is 91.0. The Morgan fingerprint density at radius 1 is 0.346 bits per heavy atom. The van der Waals surface area contributed by atoms with Crippen molar-refractivity contribution >= 4 is 28.4 Å². The molecule has 0 aliphatic rings. The second kappa shape index (κ2) is 47.8. The Kier molecular flexibility index (Phi) is 37.8. The van der Waals surface area contributed by atoms with Gasteiger partial charge in [-0.05, 0) is 148 Å². The molecular weight excluding hydrogens is 2560 g/mol. The standard InChI is InChI=1S/C25H21N4.C24H19N4.C22H20F3N4.2C17H13N4.5Ir/c1-16-11-9-10-14-21(16)25-28-27-24(20-12-7-6-8-13-20)29(25)23-18(3)15-17(2)22(26-5)19(23)4;1-16-10-8-9-13-21(16)24-27-26-23(19-11-6-5-7-12-19)28(24)22-17(2)14-20(25-4)15-18(22)3;1-13(2)17-11-16(26-5)12-18(14(3)4)19(17)29-20(15-9-7-6-8-10-15)27-28-21(29)22(23,24)25;1-12-11-15(18-3)9-10-16(12)21-17(19-13(2)20-21)14-7-5-4-6-8-14;1-3-16-19-17(13-8-5-4-6-9-13)21(20-16)15-11-7-10-14(12-15)18-2;;;;;/h6-12,14-15H,1-4H3;5-11,13-15H,1-3H3;6-9,11-14H,1-4H3;4-7,9-11H,1-2H3;4-8,10-12H,3H2,1H3;;;;;/q5*-1;;;;;. The third kappa shape index (κ3) is 23.8. The van der Waals surface area contributed by atoms with Crippen LogP contribution in [0.5, 0.6) is 0 Å². The number of halogens is 3. The van der Waals surface area contributed by atoms with E-state index in [1.807, 2.05) is 245 Å². The predicted molar refractivity (Wildman–Crippen MR) is 496 cm³/mol. The van der Waals surface area contributed by atoms with Crippen LogP contribution >= 0.6 is 0 Å². The molecule has 0 spiro atoms. The summed E-state index contributed by atoms with van der Waals surface area (Å²) in [7, 11) is 0. The van der Waals surface area contributed by atoms with Gasteiger partial charge >= 0.3 is 6.18 Å². The summed E-state index contributed by atoms with van der Waals surface area (Å²) in [5.41, 5.74) is 22.6. The maximum Gasteiger partial charge on any atom is 0.451 e. The van der Waals surface area contributed by atoms with E-state index in [2.05, 4.69) is 166 Å². The number of benzene rings is 12. The molecule has 28 heteroatoms. The molecule has 0 aliphatic carbocycles. The second-order valence-electron chi connectivity index (χ2n) is 30.7. The van der Waals surface area contributed by atoms with Crippen LogP contribution in [0.15, 0.2) is 243 Å². The Bertz CT molecular complexity index is 7060. The van der Waals surface area contributed by atoms with E-state index in [4.69, 9.17) is 32.9 Å². The molecule has 0 unspecified atom stereocenters. The van der Waals surface area contributed by atoms with Crippen molar-refractivity contribution in [3.05, 3.63) is 403 Å². The van der Waals surface area contributed by atoms with Crippen LogP contribution in [0.3, 0.4) is 0 Å². The zero-order valence-corrected chi connectivity index (χ0v) is 86.7. The van der Waals surface area contributed by atoms with E-state index >= 15 is 0 Å².